The van der Waals surface area contributed by atoms with Gasteiger partial charge in [-0.1, -0.05) is 81.8 Å². The molecule has 7 heteroatoms. The Labute approximate surface area is 233 Å². The van der Waals surface area contributed by atoms with Crippen LogP contribution < -0.4 is 10.1 Å². The van der Waals surface area contributed by atoms with Gasteiger partial charge < -0.3 is 15.0 Å². The molecule has 0 aliphatic carbocycles. The second-order valence-corrected chi connectivity index (χ2v) is 10.5. The maximum atomic E-state index is 14.7. The van der Waals surface area contributed by atoms with Crippen molar-refractivity contribution in [2.75, 3.05) is 13.2 Å². The second-order valence-electron chi connectivity index (χ2n) is 9.60. The topological polar surface area (TPSA) is 58.6 Å². The average molecular weight is 584 g/mol. The van der Waals surface area contributed by atoms with E-state index in [4.69, 9.17) is 4.74 Å². The van der Waals surface area contributed by atoms with Crippen LogP contribution in [0.2, 0.25) is 0 Å². The molecule has 38 heavy (non-hydrogen) atoms. The summed E-state index contributed by atoms with van der Waals surface area (Å²) in [5, 5.41) is 2.96. The van der Waals surface area contributed by atoms with Crippen LogP contribution in [0.1, 0.15) is 56.2 Å². The molecule has 3 aromatic rings. The van der Waals surface area contributed by atoms with Gasteiger partial charge >= 0.3 is 0 Å². The van der Waals surface area contributed by atoms with Crippen LogP contribution >= 0.6 is 15.9 Å². The van der Waals surface area contributed by atoms with Gasteiger partial charge in [-0.2, -0.15) is 0 Å². The van der Waals surface area contributed by atoms with E-state index in [2.05, 4.69) is 35.1 Å². The van der Waals surface area contributed by atoms with Crippen molar-refractivity contribution >= 4 is 27.7 Å². The Kier molecular flexibility index (Phi) is 11.3. The van der Waals surface area contributed by atoms with Gasteiger partial charge in [0.05, 0.1) is 4.47 Å². The lowest BCUT2D eigenvalue weighted by Gasteiger charge is -2.31. The van der Waals surface area contributed by atoms with Gasteiger partial charge in [0.2, 0.25) is 5.91 Å². The number of nitrogens with zero attached hydrogens (tertiary/aromatic N) is 1. The fourth-order valence-corrected chi connectivity index (χ4v) is 4.60. The summed E-state index contributed by atoms with van der Waals surface area (Å²) in [4.78, 5) is 28.5. The number of hydrogen-bond acceptors (Lipinski definition) is 3. The predicted octanol–water partition coefficient (Wildman–Crippen LogP) is 6.65. The normalized spacial score (nSPS) is 11.7. The molecule has 0 aliphatic heterocycles. The Morgan fingerprint density at radius 2 is 1.74 bits per heavy atom. The molecule has 0 aliphatic rings. The molecule has 0 saturated carbocycles. The van der Waals surface area contributed by atoms with Crippen molar-refractivity contribution in [2.24, 2.45) is 0 Å². The highest BCUT2D eigenvalue weighted by Crippen LogP contribution is 2.29. The summed E-state index contributed by atoms with van der Waals surface area (Å²) >= 11 is 3.53. The molecule has 5 nitrogen and oxygen atoms in total. The van der Waals surface area contributed by atoms with Crippen molar-refractivity contribution in [3.8, 4) is 5.75 Å². The van der Waals surface area contributed by atoms with E-state index in [1.54, 1.807) is 18.2 Å². The number of halogens is 2. The lowest BCUT2D eigenvalue weighted by Crippen LogP contribution is -2.52. The molecule has 0 bridgehead atoms. The highest BCUT2D eigenvalue weighted by atomic mass is 79.9. The summed E-state index contributed by atoms with van der Waals surface area (Å²) in [5.41, 5.74) is 2.38. The van der Waals surface area contributed by atoms with Crippen LogP contribution in [0, 0.1) is 5.82 Å². The molecule has 1 unspecified atom stereocenters. The second kappa shape index (κ2) is 14.7. The summed E-state index contributed by atoms with van der Waals surface area (Å²) < 4.78 is 21.3. The predicted molar refractivity (Wildman–Crippen MR) is 153 cm³/mol. The lowest BCUT2D eigenvalue weighted by molar-refractivity contribution is -0.142. The SMILES string of the molecule is CCCCNC(=O)C(Cc1ccccc1)N(Cc1ccccc1F)C(=O)COc1ccc(C(C)C)cc1Br. The highest BCUT2D eigenvalue weighted by Gasteiger charge is 2.31. The van der Waals surface area contributed by atoms with Gasteiger partial charge in [0.1, 0.15) is 17.6 Å². The Bertz CT molecular complexity index is 1200. The Hall–Kier alpha value is -3.19. The zero-order valence-electron chi connectivity index (χ0n) is 22.3. The minimum absolute atomic E-state index is 0.0545. The standard InChI is InChI=1S/C31H36BrFN2O3/c1-4-5-17-34-31(37)28(18-23-11-7-6-8-12-23)35(20-25-13-9-10-14-27(25)33)30(36)21-38-29-16-15-24(22(2)3)19-26(29)32/h6-16,19,22,28H,4-5,17-18,20-21H2,1-3H3,(H,34,37). The highest BCUT2D eigenvalue weighted by molar-refractivity contribution is 9.10. The molecule has 202 valence electrons. The number of benzene rings is 3. The van der Waals surface area contributed by atoms with Crippen molar-refractivity contribution < 1.29 is 18.7 Å². The third-order valence-corrected chi connectivity index (χ3v) is 6.99. The van der Waals surface area contributed by atoms with Crippen LogP contribution in [0.4, 0.5) is 4.39 Å². The largest absolute Gasteiger partial charge is 0.483 e. The molecule has 3 aromatic carbocycles. The third kappa shape index (κ3) is 8.42. The molecule has 0 saturated heterocycles. The van der Waals surface area contributed by atoms with Gasteiger partial charge in [0.25, 0.3) is 5.91 Å². The first-order valence-corrected chi connectivity index (χ1v) is 13.9. The molecular weight excluding hydrogens is 547 g/mol. The van der Waals surface area contributed by atoms with E-state index in [1.165, 1.54) is 11.0 Å². The van der Waals surface area contributed by atoms with E-state index in [0.717, 1.165) is 28.4 Å². The number of rotatable bonds is 13. The Morgan fingerprint density at radius 3 is 2.39 bits per heavy atom. The zero-order valence-corrected chi connectivity index (χ0v) is 23.8. The molecular formula is C31H36BrFN2O3. The molecule has 1 atom stereocenters. The molecule has 0 fully saturated rings. The van der Waals surface area contributed by atoms with Crippen LogP contribution in [0.5, 0.6) is 5.75 Å². The van der Waals surface area contributed by atoms with Gasteiger partial charge in [0, 0.05) is 25.1 Å². The van der Waals surface area contributed by atoms with Crippen LogP contribution in [0.15, 0.2) is 77.3 Å². The maximum absolute atomic E-state index is 14.7. The van der Waals surface area contributed by atoms with E-state index in [1.807, 2.05) is 55.5 Å². The van der Waals surface area contributed by atoms with E-state index in [9.17, 15) is 14.0 Å². The Balaban J connectivity index is 1.90. The number of amides is 2. The quantitative estimate of drug-likeness (QED) is 0.230. The summed E-state index contributed by atoms with van der Waals surface area (Å²) in [6, 6.07) is 20.8. The van der Waals surface area contributed by atoms with E-state index in [-0.39, 0.29) is 19.1 Å². The number of carbonyl (C=O) groups excluding carboxylic acids is 2. The maximum Gasteiger partial charge on any atom is 0.261 e. The molecule has 0 heterocycles. The van der Waals surface area contributed by atoms with Crippen molar-refractivity contribution in [1.29, 1.82) is 0 Å². The number of nitrogens with one attached hydrogen (secondary N) is 1. The molecule has 3 rings (SSSR count). The number of carbonyl (C=O) groups is 2. The van der Waals surface area contributed by atoms with Gasteiger partial charge in [-0.3, -0.25) is 9.59 Å². The summed E-state index contributed by atoms with van der Waals surface area (Å²) in [6.07, 6.45) is 2.06. The van der Waals surface area contributed by atoms with Gasteiger partial charge in [-0.05, 0) is 57.6 Å². The van der Waals surface area contributed by atoms with Gasteiger partial charge in [-0.25, -0.2) is 4.39 Å². The van der Waals surface area contributed by atoms with Crippen LogP contribution in [-0.2, 0) is 22.6 Å². The number of unbranched alkanes of at least 4 members (excludes halogenated alkanes) is 1. The number of ether oxygens (including phenoxy) is 1. The number of hydrogen-bond donors (Lipinski definition) is 1. The van der Waals surface area contributed by atoms with Crippen LogP contribution in [-0.4, -0.2) is 35.9 Å². The summed E-state index contributed by atoms with van der Waals surface area (Å²) in [5.74, 6) is -0.221. The zero-order chi connectivity index (χ0) is 27.5. The molecule has 2 amide bonds. The fraction of sp³-hybridized carbons (Fsp3) is 0.355. The van der Waals surface area contributed by atoms with E-state index < -0.39 is 17.8 Å². The average Bonchev–Trinajstić information content (AvgIpc) is 2.91. The van der Waals surface area contributed by atoms with Crippen molar-refractivity contribution in [2.45, 2.75) is 58.5 Å². The molecule has 0 aromatic heterocycles. The Morgan fingerprint density at radius 1 is 1.03 bits per heavy atom. The van der Waals surface area contributed by atoms with Crippen molar-refractivity contribution in [3.05, 3.63) is 99.8 Å². The first-order valence-electron chi connectivity index (χ1n) is 13.1. The minimum Gasteiger partial charge on any atom is -0.483 e. The van der Waals surface area contributed by atoms with Gasteiger partial charge in [-0.15, -0.1) is 0 Å². The minimum atomic E-state index is -0.836. The first kappa shape index (κ1) is 29.4. The van der Waals surface area contributed by atoms with Crippen molar-refractivity contribution in [1.82, 2.24) is 10.2 Å². The van der Waals surface area contributed by atoms with E-state index >= 15 is 0 Å². The van der Waals surface area contributed by atoms with E-state index in [0.29, 0.717) is 30.2 Å². The lowest BCUT2D eigenvalue weighted by atomic mass is 10.0. The smallest absolute Gasteiger partial charge is 0.261 e. The molecule has 0 radical (unpaired) electrons. The fourth-order valence-electron chi connectivity index (χ4n) is 4.09. The monoisotopic (exact) mass is 582 g/mol. The van der Waals surface area contributed by atoms with Crippen LogP contribution in [0.25, 0.3) is 0 Å². The van der Waals surface area contributed by atoms with Crippen molar-refractivity contribution in [3.63, 3.8) is 0 Å². The summed E-state index contributed by atoms with van der Waals surface area (Å²) in [6.45, 7) is 6.41. The first-order chi connectivity index (χ1) is 18.3. The molecule has 1 N–H and O–H groups in total. The summed E-state index contributed by atoms with van der Waals surface area (Å²) in [7, 11) is 0. The third-order valence-electron chi connectivity index (χ3n) is 6.37. The van der Waals surface area contributed by atoms with Gasteiger partial charge in [0.15, 0.2) is 6.61 Å². The molecule has 0 spiro atoms. The van der Waals surface area contributed by atoms with Crippen LogP contribution in [0.3, 0.4) is 0 Å².